The molecule has 3 aromatic rings. The minimum absolute atomic E-state index is 0.169. The van der Waals surface area contributed by atoms with Crippen LogP contribution in [0.3, 0.4) is 0 Å². The molecule has 0 aliphatic rings. The van der Waals surface area contributed by atoms with Gasteiger partial charge in [0.05, 0.1) is 15.5 Å². The lowest BCUT2D eigenvalue weighted by Gasteiger charge is -2.08. The normalized spacial score (nSPS) is 12.0. The zero-order chi connectivity index (χ0) is 20.0. The summed E-state index contributed by atoms with van der Waals surface area (Å²) >= 11 is 1.33. The van der Waals surface area contributed by atoms with Crippen LogP contribution < -0.4 is 10.1 Å². The van der Waals surface area contributed by atoms with Crippen LogP contribution in [0.1, 0.15) is 27.7 Å². The molecule has 0 spiro atoms. The van der Waals surface area contributed by atoms with Gasteiger partial charge in [-0.2, -0.15) is 5.10 Å². The molecule has 0 fully saturated rings. The van der Waals surface area contributed by atoms with Gasteiger partial charge in [-0.05, 0) is 41.6 Å². The number of hydrogen-bond donors (Lipinski definition) is 2. The number of nitrogens with one attached hydrogen (secondary N) is 2. The molecule has 6 nitrogen and oxygen atoms in total. The van der Waals surface area contributed by atoms with Gasteiger partial charge in [-0.25, -0.2) is 18.6 Å². The Balaban J connectivity index is 1.64. The van der Waals surface area contributed by atoms with E-state index in [0.29, 0.717) is 16.2 Å². The molecule has 1 amide bonds. The van der Waals surface area contributed by atoms with Gasteiger partial charge in [-0.1, -0.05) is 48.5 Å². The number of amides is 1. The molecule has 0 atom stereocenters. The summed E-state index contributed by atoms with van der Waals surface area (Å²) in [6, 6.07) is 19.2. The van der Waals surface area contributed by atoms with Crippen molar-refractivity contribution in [1.82, 2.24) is 10.1 Å². The van der Waals surface area contributed by atoms with Crippen molar-refractivity contribution in [2.45, 2.75) is 18.4 Å². The average Bonchev–Trinajstić information content (AvgIpc) is 3.26. The molecule has 0 unspecified atom stereocenters. The van der Waals surface area contributed by atoms with Crippen LogP contribution in [0, 0.1) is 0 Å². The molecular formula is C20H19N3O3S2. The molecule has 0 saturated carbocycles. The number of thiophene rings is 1. The van der Waals surface area contributed by atoms with Crippen molar-refractivity contribution in [2.24, 2.45) is 5.10 Å². The number of hydrogen-bond acceptors (Lipinski definition) is 5. The second-order valence-electron chi connectivity index (χ2n) is 5.95. The highest BCUT2D eigenvalue weighted by Crippen LogP contribution is 2.13. The van der Waals surface area contributed by atoms with Crippen LogP contribution in [0.2, 0.25) is 0 Å². The summed E-state index contributed by atoms with van der Waals surface area (Å²) in [5.74, 6) is -0.279. The number of carbonyl (C=O) groups excluding carboxylic acids is 1. The first-order valence-electron chi connectivity index (χ1n) is 8.48. The molecule has 144 valence electrons. The summed E-state index contributed by atoms with van der Waals surface area (Å²) in [6.07, 6.45) is 0. The third kappa shape index (κ3) is 5.13. The van der Waals surface area contributed by atoms with Gasteiger partial charge in [0, 0.05) is 6.54 Å². The molecule has 1 aromatic heterocycles. The second kappa shape index (κ2) is 8.92. The predicted molar refractivity (Wildman–Crippen MR) is 111 cm³/mol. The fourth-order valence-electron chi connectivity index (χ4n) is 2.39. The molecule has 0 bridgehead atoms. The van der Waals surface area contributed by atoms with Gasteiger partial charge in [0.25, 0.3) is 5.91 Å². The Morgan fingerprint density at radius 3 is 2.36 bits per heavy atom. The van der Waals surface area contributed by atoms with E-state index in [9.17, 15) is 13.2 Å². The molecule has 0 saturated heterocycles. The van der Waals surface area contributed by atoms with Gasteiger partial charge in [0.2, 0.25) is 10.0 Å². The highest BCUT2D eigenvalue weighted by atomic mass is 32.2. The Labute approximate surface area is 168 Å². The van der Waals surface area contributed by atoms with E-state index in [0.717, 1.165) is 5.56 Å². The first-order valence-corrected chi connectivity index (χ1v) is 10.8. The smallest absolute Gasteiger partial charge is 0.266 e. The molecule has 8 heteroatoms. The summed E-state index contributed by atoms with van der Waals surface area (Å²) < 4.78 is 27.5. The van der Waals surface area contributed by atoms with Crippen molar-refractivity contribution in [3.63, 3.8) is 0 Å². The summed E-state index contributed by atoms with van der Waals surface area (Å²) in [5.41, 5.74) is 4.67. The second-order valence-corrected chi connectivity index (χ2v) is 8.66. The van der Waals surface area contributed by atoms with Crippen LogP contribution >= 0.6 is 11.3 Å². The highest BCUT2D eigenvalue weighted by Gasteiger charge is 2.14. The Hall–Kier alpha value is -2.81. The minimum Gasteiger partial charge on any atom is -0.266 e. The first-order chi connectivity index (χ1) is 13.5. The van der Waals surface area contributed by atoms with E-state index in [4.69, 9.17) is 0 Å². The summed E-state index contributed by atoms with van der Waals surface area (Å²) in [6.45, 7) is 1.96. The maximum atomic E-state index is 12.4. The van der Waals surface area contributed by atoms with Crippen LogP contribution in [-0.2, 0) is 16.6 Å². The molecule has 0 radical (unpaired) electrons. The fourth-order valence-corrected chi connectivity index (χ4v) is 4.03. The van der Waals surface area contributed by atoms with Crippen LogP contribution in [0.25, 0.3) is 0 Å². The van der Waals surface area contributed by atoms with Gasteiger partial charge in [0.15, 0.2) is 0 Å². The Morgan fingerprint density at radius 2 is 1.71 bits per heavy atom. The SMILES string of the molecule is C/C(=N/NC(=O)c1cccs1)c1ccc(S(=O)(=O)NCc2ccccc2)cc1. The maximum Gasteiger partial charge on any atom is 0.281 e. The lowest BCUT2D eigenvalue weighted by molar-refractivity contribution is 0.0959. The van der Waals surface area contributed by atoms with Crippen molar-refractivity contribution >= 4 is 33.0 Å². The maximum absolute atomic E-state index is 12.4. The molecular weight excluding hydrogens is 394 g/mol. The quantitative estimate of drug-likeness (QED) is 0.460. The molecule has 0 aliphatic carbocycles. The summed E-state index contributed by atoms with van der Waals surface area (Å²) in [7, 11) is -3.61. The number of hydrazone groups is 1. The van der Waals surface area contributed by atoms with E-state index in [-0.39, 0.29) is 17.3 Å². The first kappa shape index (κ1) is 19.9. The number of rotatable bonds is 7. The third-order valence-electron chi connectivity index (χ3n) is 3.96. The summed E-state index contributed by atoms with van der Waals surface area (Å²) in [5, 5.41) is 5.89. The number of carbonyl (C=O) groups is 1. The molecule has 2 aromatic carbocycles. The van der Waals surface area contributed by atoms with Crippen molar-refractivity contribution in [2.75, 3.05) is 0 Å². The summed E-state index contributed by atoms with van der Waals surface area (Å²) in [4.78, 5) is 12.7. The average molecular weight is 414 g/mol. The largest absolute Gasteiger partial charge is 0.281 e. The molecule has 2 N–H and O–H groups in total. The third-order valence-corrected chi connectivity index (χ3v) is 6.25. The van der Waals surface area contributed by atoms with Gasteiger partial charge < -0.3 is 0 Å². The van der Waals surface area contributed by atoms with Crippen LogP contribution in [0.15, 0.2) is 82.1 Å². The topological polar surface area (TPSA) is 87.6 Å². The fraction of sp³-hybridized carbons (Fsp3) is 0.100. The van der Waals surface area contributed by atoms with Crippen LogP contribution in [0.4, 0.5) is 0 Å². The van der Waals surface area contributed by atoms with E-state index in [1.165, 1.54) is 23.5 Å². The van der Waals surface area contributed by atoms with Gasteiger partial charge >= 0.3 is 0 Å². The number of benzene rings is 2. The van der Waals surface area contributed by atoms with E-state index in [1.54, 1.807) is 31.2 Å². The number of sulfonamides is 1. The minimum atomic E-state index is -3.61. The van der Waals surface area contributed by atoms with Crippen molar-refractivity contribution in [3.8, 4) is 0 Å². The van der Waals surface area contributed by atoms with E-state index < -0.39 is 10.0 Å². The van der Waals surface area contributed by atoms with E-state index in [2.05, 4.69) is 15.2 Å². The molecule has 28 heavy (non-hydrogen) atoms. The van der Waals surface area contributed by atoms with Gasteiger partial charge in [-0.15, -0.1) is 11.3 Å². The zero-order valence-corrected chi connectivity index (χ0v) is 16.8. The van der Waals surface area contributed by atoms with E-state index in [1.807, 2.05) is 35.7 Å². The van der Waals surface area contributed by atoms with Crippen LogP contribution in [-0.4, -0.2) is 20.0 Å². The Morgan fingerprint density at radius 1 is 1.00 bits per heavy atom. The Kier molecular flexibility index (Phi) is 6.35. The molecule has 0 aliphatic heterocycles. The van der Waals surface area contributed by atoms with Crippen molar-refractivity contribution in [3.05, 3.63) is 88.1 Å². The van der Waals surface area contributed by atoms with E-state index >= 15 is 0 Å². The molecule has 3 rings (SSSR count). The van der Waals surface area contributed by atoms with Gasteiger partial charge in [0.1, 0.15) is 0 Å². The Bertz CT molecular complexity index is 1060. The van der Waals surface area contributed by atoms with Crippen molar-refractivity contribution in [1.29, 1.82) is 0 Å². The highest BCUT2D eigenvalue weighted by molar-refractivity contribution is 7.89. The lowest BCUT2D eigenvalue weighted by Crippen LogP contribution is -2.23. The lowest BCUT2D eigenvalue weighted by atomic mass is 10.1. The standard InChI is InChI=1S/C20H19N3O3S2/c1-15(22-23-20(24)19-8-5-13-27-19)17-9-11-18(12-10-17)28(25,26)21-14-16-6-3-2-4-7-16/h2-13,21H,14H2,1H3,(H,23,24)/b22-15-. The number of nitrogens with zero attached hydrogens (tertiary/aromatic N) is 1. The predicted octanol–water partition coefficient (Wildman–Crippen LogP) is 3.38. The van der Waals surface area contributed by atoms with Crippen molar-refractivity contribution < 1.29 is 13.2 Å². The monoisotopic (exact) mass is 413 g/mol. The van der Waals surface area contributed by atoms with Gasteiger partial charge in [-0.3, -0.25) is 4.79 Å². The molecule has 1 heterocycles. The van der Waals surface area contributed by atoms with Crippen LogP contribution in [0.5, 0.6) is 0 Å². The zero-order valence-electron chi connectivity index (χ0n) is 15.1.